The van der Waals surface area contributed by atoms with E-state index in [1.165, 1.54) is 5.34 Å². The van der Waals surface area contributed by atoms with Gasteiger partial charge in [-0.15, -0.1) is 4.91 Å². The Morgan fingerprint density at radius 2 is 1.09 bits per heavy atom. The zero-order valence-electron chi connectivity index (χ0n) is 12.7. The fraction of sp³-hybridized carbons (Fsp3) is 0. The summed E-state index contributed by atoms with van der Waals surface area (Å²) < 4.78 is 8.51. The molecule has 0 radical (unpaired) electrons. The molecule has 0 aromatic carbocycles. The molecule has 0 aliphatic heterocycles. The first-order valence-electron chi connectivity index (χ1n) is 0.810. The quantitative estimate of drug-likeness (QED) is 0.188. The van der Waals surface area contributed by atoms with Crippen LogP contribution in [0.1, 0.15) is 7.13 Å². The molecule has 0 aliphatic rings. The van der Waals surface area contributed by atoms with Crippen molar-refractivity contribution in [2.45, 2.75) is 0 Å². The van der Waals surface area contributed by atoms with E-state index in [1.807, 2.05) is 0 Å². The predicted molar refractivity (Wildman–Crippen MR) is 24.4 cm³/mol. The molecule has 2 N–H and O–H groups in total. The van der Waals surface area contributed by atoms with E-state index < -0.39 is 8.69 Å². The van der Waals surface area contributed by atoms with Gasteiger partial charge in [0, 0.05) is 0 Å². The number of hydrogen-bond acceptors (Lipinski definition) is 3. The van der Waals surface area contributed by atoms with Crippen LogP contribution < -0.4 is 148 Å². The minimum atomic E-state index is -1.17. The summed E-state index contributed by atoms with van der Waals surface area (Å²) in [4.78, 5) is 15.2. The first-order chi connectivity index (χ1) is 2.83. The van der Waals surface area contributed by atoms with E-state index in [4.69, 9.17) is 19.6 Å². The van der Waals surface area contributed by atoms with E-state index in [0.29, 0.717) is 0 Å². The summed E-state index contributed by atoms with van der Waals surface area (Å²) in [6, 6.07) is 0. The van der Waals surface area contributed by atoms with Gasteiger partial charge in [0.1, 0.15) is 0 Å². The van der Waals surface area contributed by atoms with E-state index in [0.717, 1.165) is 0 Å². The summed E-state index contributed by atoms with van der Waals surface area (Å²) in [6.07, 6.45) is 0. The molecule has 0 spiro atoms. The largest absolute Gasteiger partial charge is 1.00 e. The third-order valence-electron chi connectivity index (χ3n) is 0. The smallest absolute Gasteiger partial charge is 1.00 e. The fourth-order valence-corrected chi connectivity index (χ4v) is 0. The van der Waals surface area contributed by atoms with Crippen molar-refractivity contribution in [3.8, 4) is 0 Å². The molecule has 0 aromatic heterocycles. The van der Waals surface area contributed by atoms with Gasteiger partial charge in [0.25, 0.3) is 0 Å². The molecule has 0 aliphatic carbocycles. The molecule has 5 nitrogen and oxygen atoms in total. The predicted octanol–water partition coefficient (Wildman–Crippen LogP) is -14.4. The van der Waals surface area contributed by atoms with Crippen molar-refractivity contribution in [2.75, 3.05) is 0 Å². The van der Waals surface area contributed by atoms with Gasteiger partial charge < -0.3 is 12.3 Å². The van der Waals surface area contributed by atoms with E-state index >= 15 is 0 Å². The molecule has 0 bridgehead atoms. The van der Waals surface area contributed by atoms with Crippen LogP contribution in [0, 0.1) is 4.91 Å². The van der Waals surface area contributed by atoms with Gasteiger partial charge in [-0.3, -0.25) is 0 Å². The molecule has 1 atom stereocenters. The summed E-state index contributed by atoms with van der Waals surface area (Å²) in [5.74, 6) is 0. The summed E-state index contributed by atoms with van der Waals surface area (Å²) in [7, 11) is -1.17. The number of rotatable bonds is 0. The van der Waals surface area contributed by atoms with E-state index in [2.05, 4.69) is 0 Å². The van der Waals surface area contributed by atoms with Gasteiger partial charge in [-0.25, -0.2) is 0 Å². The third-order valence-corrected chi connectivity index (χ3v) is 0. The Morgan fingerprint density at radius 3 is 1.09 bits per heavy atom. The SMILES string of the molecule is O=NO.O=[PH+]O.[H-].[H-].[H-].[H-].[H-].[Na+].[Na+].[Na+].[Na+].[Na+]. The van der Waals surface area contributed by atoms with Crippen LogP contribution in [-0.4, -0.2) is 10.1 Å². The minimum Gasteiger partial charge on any atom is -1.00 e. The second kappa shape index (κ2) is 62.8. The topological polar surface area (TPSA) is 87.0 Å². The molecular formula is H8NNa5O4P+. The van der Waals surface area contributed by atoms with Gasteiger partial charge in [0.2, 0.25) is 0 Å². The van der Waals surface area contributed by atoms with Gasteiger partial charge >= 0.3 is 156 Å². The average molecular weight is 232 g/mol. The Hall–Kier alpha value is 4.46. The summed E-state index contributed by atoms with van der Waals surface area (Å²) in [6.45, 7) is 0. The van der Waals surface area contributed by atoms with Crippen molar-refractivity contribution < 1.29 is 170 Å². The van der Waals surface area contributed by atoms with E-state index in [-0.39, 0.29) is 155 Å². The van der Waals surface area contributed by atoms with Crippen LogP contribution in [0.4, 0.5) is 0 Å². The molecule has 1 unspecified atom stereocenters. The maximum absolute atomic E-state index is 8.51. The van der Waals surface area contributed by atoms with Crippen molar-refractivity contribution in [3.05, 3.63) is 4.91 Å². The van der Waals surface area contributed by atoms with Crippen LogP contribution in [0.5, 0.6) is 0 Å². The normalized spacial score (nSPS) is 3.00. The average Bonchev–Trinajstić information content (AvgIpc) is 1.39. The molecule has 0 saturated heterocycles. The van der Waals surface area contributed by atoms with Gasteiger partial charge in [0.15, 0.2) is 5.34 Å². The standard InChI is InChI=1S/HNO2.5Na.HO2P.5H/c2-1-3;;;;;;1-3-2;;;;;/h(H,2,3);;;;;;3H;;;;;/q;5*+1;;5*-1/p+1. The molecule has 46 valence electrons. The Morgan fingerprint density at radius 1 is 1.09 bits per heavy atom. The molecule has 11 heavy (non-hydrogen) atoms. The zero-order chi connectivity index (χ0) is 5.41. The molecule has 0 fully saturated rings. The monoisotopic (exact) mass is 232 g/mol. The van der Waals surface area contributed by atoms with Crippen molar-refractivity contribution in [3.63, 3.8) is 0 Å². The van der Waals surface area contributed by atoms with Crippen LogP contribution in [-0.2, 0) is 4.57 Å². The van der Waals surface area contributed by atoms with Crippen LogP contribution >= 0.6 is 8.69 Å². The zero-order valence-corrected chi connectivity index (χ0v) is 18.7. The van der Waals surface area contributed by atoms with E-state index in [1.54, 1.807) is 0 Å². The van der Waals surface area contributed by atoms with E-state index in [9.17, 15) is 0 Å². The van der Waals surface area contributed by atoms with Gasteiger partial charge in [0.05, 0.1) is 0 Å². The van der Waals surface area contributed by atoms with Crippen LogP contribution in [0.3, 0.4) is 0 Å². The second-order valence-corrected chi connectivity index (χ2v) is 0.356. The van der Waals surface area contributed by atoms with Crippen LogP contribution in [0.25, 0.3) is 0 Å². The molecule has 0 amide bonds. The molecule has 0 saturated carbocycles. The summed E-state index contributed by atoms with van der Waals surface area (Å²) in [5.41, 5.74) is 0. The Balaban J connectivity index is -0.00000000123. The Kier molecular flexibility index (Phi) is 258. The van der Waals surface area contributed by atoms with Crippen molar-refractivity contribution in [2.24, 2.45) is 5.34 Å². The number of hydrogen-bond donors (Lipinski definition) is 2. The summed E-state index contributed by atoms with van der Waals surface area (Å²) in [5, 5.41) is 7.89. The first-order valence-corrected chi connectivity index (χ1v) is 1.67. The maximum Gasteiger partial charge on any atom is 1.00 e. The maximum atomic E-state index is 8.51. The van der Waals surface area contributed by atoms with Gasteiger partial charge in [-0.2, -0.15) is 4.89 Å². The summed E-state index contributed by atoms with van der Waals surface area (Å²) >= 11 is 0. The first kappa shape index (κ1) is 45.2. The fourth-order valence-electron chi connectivity index (χ4n) is 0. The molecule has 0 heterocycles. The Labute approximate surface area is 184 Å². The van der Waals surface area contributed by atoms with Crippen LogP contribution in [0.15, 0.2) is 5.34 Å². The molecular weight excluding hydrogens is 224 g/mol. The number of nitrogens with zero attached hydrogens (tertiary/aromatic N) is 1. The molecule has 0 aromatic rings. The Bertz CT molecular complexity index is 53.8. The molecule has 0 rings (SSSR count). The van der Waals surface area contributed by atoms with Gasteiger partial charge in [-0.1, -0.05) is 0 Å². The van der Waals surface area contributed by atoms with Crippen LogP contribution in [0.2, 0.25) is 0 Å². The van der Waals surface area contributed by atoms with Crippen molar-refractivity contribution in [1.29, 1.82) is 0 Å². The van der Waals surface area contributed by atoms with Crippen molar-refractivity contribution in [1.82, 2.24) is 0 Å². The van der Waals surface area contributed by atoms with Crippen molar-refractivity contribution >= 4 is 8.69 Å². The third kappa shape index (κ3) is 113. The second-order valence-electron chi connectivity index (χ2n) is 0.173. The molecule has 11 heteroatoms. The minimum absolute atomic E-state index is 0. The van der Waals surface area contributed by atoms with Gasteiger partial charge in [-0.05, 0) is 4.57 Å².